The van der Waals surface area contributed by atoms with Crippen molar-refractivity contribution in [2.75, 3.05) is 13.2 Å². The van der Waals surface area contributed by atoms with Crippen molar-refractivity contribution >= 4 is 5.97 Å². The van der Waals surface area contributed by atoms with Crippen LogP contribution in [-0.4, -0.2) is 97.8 Å². The Hall–Kier alpha value is -1.11. The molecule has 5 fully saturated rings. The summed E-state index contributed by atoms with van der Waals surface area (Å²) in [4.78, 5) is 14.4. The van der Waals surface area contributed by atoms with Gasteiger partial charge in [-0.25, -0.2) is 0 Å². The molecule has 0 aromatic carbocycles. The van der Waals surface area contributed by atoms with Crippen molar-refractivity contribution in [3.8, 4) is 0 Å². The van der Waals surface area contributed by atoms with Crippen LogP contribution in [0.15, 0.2) is 11.6 Å². The van der Waals surface area contributed by atoms with Gasteiger partial charge in [-0.05, 0) is 97.2 Å². The van der Waals surface area contributed by atoms with Crippen LogP contribution in [0.25, 0.3) is 0 Å². The molecule has 0 aromatic rings. The molecule has 7 N–H and O–H groups in total. The second kappa shape index (κ2) is 11.5. The van der Waals surface area contributed by atoms with Crippen molar-refractivity contribution in [2.24, 2.45) is 56.7 Å². The van der Waals surface area contributed by atoms with Crippen molar-refractivity contribution in [3.63, 3.8) is 0 Å². The van der Waals surface area contributed by atoms with E-state index in [4.69, 9.17) is 9.47 Å². The van der Waals surface area contributed by atoms with Crippen molar-refractivity contribution in [1.29, 1.82) is 0 Å². The highest BCUT2D eigenvalue weighted by molar-refractivity contribution is 5.79. The van der Waals surface area contributed by atoms with E-state index in [1.807, 2.05) is 6.92 Å². The van der Waals surface area contributed by atoms with Crippen molar-refractivity contribution < 1.29 is 50.0 Å². The van der Waals surface area contributed by atoms with Gasteiger partial charge in [0.05, 0.1) is 30.8 Å². The second-order valence-electron chi connectivity index (χ2n) is 17.3. The molecule has 0 bridgehead atoms. The topological polar surface area (TPSA) is 177 Å². The zero-order valence-corrected chi connectivity index (χ0v) is 28.4. The summed E-state index contributed by atoms with van der Waals surface area (Å²) in [5.41, 5.74) is -1.01. The minimum Gasteiger partial charge on any atom is -0.432 e. The van der Waals surface area contributed by atoms with Gasteiger partial charge in [-0.1, -0.05) is 53.2 Å². The first-order chi connectivity index (χ1) is 21.5. The monoisotopic (exact) mass is 650 g/mol. The van der Waals surface area contributed by atoms with Crippen LogP contribution in [0.3, 0.4) is 0 Å². The molecule has 1 heterocycles. The van der Waals surface area contributed by atoms with E-state index >= 15 is 0 Å². The number of hydrogen-bond donors (Lipinski definition) is 7. The Morgan fingerprint density at radius 1 is 0.913 bits per heavy atom. The zero-order valence-electron chi connectivity index (χ0n) is 28.4. The summed E-state index contributed by atoms with van der Waals surface area (Å²) < 4.78 is 11.5. The minimum atomic E-state index is -1.65. The Labute approximate surface area is 273 Å². The molecule has 6 rings (SSSR count). The maximum absolute atomic E-state index is 14.4. The van der Waals surface area contributed by atoms with Crippen LogP contribution in [0, 0.1) is 56.7 Å². The first-order valence-corrected chi connectivity index (χ1v) is 17.7. The molecular formula is C36H58O10. The highest BCUT2D eigenvalue weighted by Crippen LogP contribution is 2.75. The fourth-order valence-corrected chi connectivity index (χ4v) is 12.4. The molecule has 5 aliphatic carbocycles. The predicted octanol–water partition coefficient (Wildman–Crippen LogP) is 2.29. The lowest BCUT2D eigenvalue weighted by Crippen LogP contribution is -2.68. The second-order valence-corrected chi connectivity index (χ2v) is 17.3. The number of allylic oxidation sites excluding steroid dienone is 2. The van der Waals surface area contributed by atoms with E-state index in [1.165, 1.54) is 5.57 Å². The number of hydrogen-bond acceptors (Lipinski definition) is 10. The largest absolute Gasteiger partial charge is 0.432 e. The van der Waals surface area contributed by atoms with Gasteiger partial charge >= 0.3 is 5.97 Å². The highest BCUT2D eigenvalue weighted by Gasteiger charge is 2.71. The Morgan fingerprint density at radius 3 is 2.26 bits per heavy atom. The van der Waals surface area contributed by atoms with E-state index in [-0.39, 0.29) is 46.5 Å². The van der Waals surface area contributed by atoms with Crippen LogP contribution in [-0.2, 0) is 14.3 Å². The van der Waals surface area contributed by atoms with Gasteiger partial charge in [0.15, 0.2) is 0 Å². The molecule has 1 saturated heterocycles. The summed E-state index contributed by atoms with van der Waals surface area (Å²) >= 11 is 0. The fourth-order valence-electron chi connectivity index (χ4n) is 12.4. The number of esters is 1. The maximum atomic E-state index is 14.4. The SMILES string of the molecule is CC1CCC2(C(=O)OC3OC(CO)C(O)C(O)C3O)CCC3(C)C(=CCC4C5(C)CC(O)C(O)C(C)(CO)C5CCC43C)C2C1C. The number of aliphatic hydroxyl groups excluding tert-OH is 7. The fraction of sp³-hybridized carbons (Fsp3) is 0.917. The van der Waals surface area contributed by atoms with Gasteiger partial charge in [0, 0.05) is 5.41 Å². The Morgan fingerprint density at radius 2 is 1.61 bits per heavy atom. The van der Waals surface area contributed by atoms with E-state index in [1.54, 1.807) is 0 Å². The lowest BCUT2D eigenvalue weighted by atomic mass is 9.33. The van der Waals surface area contributed by atoms with Gasteiger partial charge in [0.2, 0.25) is 6.29 Å². The van der Waals surface area contributed by atoms with Crippen LogP contribution in [0.2, 0.25) is 0 Å². The van der Waals surface area contributed by atoms with Crippen LogP contribution >= 0.6 is 0 Å². The van der Waals surface area contributed by atoms with Crippen LogP contribution in [0.1, 0.15) is 92.9 Å². The van der Waals surface area contributed by atoms with Gasteiger partial charge < -0.3 is 45.2 Å². The summed E-state index contributed by atoms with van der Waals surface area (Å²) in [5.74, 6) is 0.265. The molecule has 17 unspecified atom stereocenters. The molecule has 17 atom stereocenters. The van der Waals surface area contributed by atoms with Crippen molar-refractivity contribution in [3.05, 3.63) is 11.6 Å². The van der Waals surface area contributed by atoms with Crippen molar-refractivity contribution in [1.82, 2.24) is 0 Å². The molecule has 0 amide bonds. The van der Waals surface area contributed by atoms with Crippen LogP contribution < -0.4 is 0 Å². The predicted molar refractivity (Wildman–Crippen MR) is 168 cm³/mol. The molecule has 0 radical (unpaired) electrons. The zero-order chi connectivity index (χ0) is 33.8. The van der Waals surface area contributed by atoms with Gasteiger partial charge in [-0.2, -0.15) is 0 Å². The number of fused-ring (bicyclic) bond motifs is 7. The molecule has 10 nitrogen and oxygen atoms in total. The maximum Gasteiger partial charge on any atom is 0.315 e. The van der Waals surface area contributed by atoms with E-state index in [9.17, 15) is 40.5 Å². The molecule has 46 heavy (non-hydrogen) atoms. The number of ether oxygens (including phenoxy) is 2. The van der Waals surface area contributed by atoms with E-state index in [2.05, 4.69) is 40.7 Å². The normalized spacial score (nSPS) is 56.8. The molecule has 262 valence electrons. The molecule has 4 saturated carbocycles. The standard InChI is InChI=1S/C36H58O10/c1-18-9-12-36(31(44)46-30-28(42)27(41)26(40)22(16-37)45-30)14-13-34(5)20(25(36)19(18)2)7-8-24-32(3)15-21(39)29(43)33(4,17-38)23(32)10-11-35(24,34)6/h7,18-19,21-30,37-43H,8-17H2,1-6H3. The van der Waals surface area contributed by atoms with E-state index < -0.39 is 66.3 Å². The van der Waals surface area contributed by atoms with Gasteiger partial charge in [0.25, 0.3) is 0 Å². The van der Waals surface area contributed by atoms with Crippen LogP contribution in [0.5, 0.6) is 0 Å². The highest BCUT2D eigenvalue weighted by atomic mass is 16.7. The van der Waals surface area contributed by atoms with E-state index in [0.29, 0.717) is 25.2 Å². The Balaban J connectivity index is 1.37. The third kappa shape index (κ3) is 4.46. The quantitative estimate of drug-likeness (QED) is 0.177. The number of carbonyl (C=O) groups is 1. The minimum absolute atomic E-state index is 0.0600. The summed E-state index contributed by atoms with van der Waals surface area (Å²) in [6.07, 6.45) is -1.11. The number of aliphatic hydroxyl groups is 7. The summed E-state index contributed by atoms with van der Waals surface area (Å²) in [5, 5.41) is 73.8. The molecular weight excluding hydrogens is 592 g/mol. The average molecular weight is 651 g/mol. The lowest BCUT2D eigenvalue weighted by Gasteiger charge is -2.71. The van der Waals surface area contributed by atoms with Crippen LogP contribution in [0.4, 0.5) is 0 Å². The van der Waals surface area contributed by atoms with Crippen molar-refractivity contribution in [2.45, 2.75) is 136 Å². The lowest BCUT2D eigenvalue weighted by molar-refractivity contribution is -0.297. The molecule has 1 aliphatic heterocycles. The Kier molecular flexibility index (Phi) is 8.66. The molecule has 10 heteroatoms. The Bertz CT molecular complexity index is 1220. The molecule has 0 spiro atoms. The summed E-state index contributed by atoms with van der Waals surface area (Å²) in [7, 11) is 0. The molecule has 6 aliphatic rings. The third-order valence-electron chi connectivity index (χ3n) is 15.6. The number of carbonyl (C=O) groups excluding carboxylic acids is 1. The average Bonchev–Trinajstić information content (AvgIpc) is 3.02. The first kappa shape index (κ1) is 34.7. The van der Waals surface area contributed by atoms with Gasteiger partial charge in [-0.3, -0.25) is 4.79 Å². The number of rotatable bonds is 4. The third-order valence-corrected chi connectivity index (χ3v) is 15.6. The van der Waals surface area contributed by atoms with E-state index in [0.717, 1.165) is 32.1 Å². The van der Waals surface area contributed by atoms with Gasteiger partial charge in [0.1, 0.15) is 24.4 Å². The smallest absolute Gasteiger partial charge is 0.315 e. The molecule has 0 aromatic heterocycles. The van der Waals surface area contributed by atoms with Gasteiger partial charge in [-0.15, -0.1) is 0 Å². The first-order valence-electron chi connectivity index (χ1n) is 17.7. The summed E-state index contributed by atoms with van der Waals surface area (Å²) in [6, 6.07) is 0. The summed E-state index contributed by atoms with van der Waals surface area (Å²) in [6.45, 7) is 12.7.